The molecule has 5 heteroatoms. The van der Waals surface area contributed by atoms with Gasteiger partial charge in [0.1, 0.15) is 0 Å². The molecule has 1 heterocycles. The van der Waals surface area contributed by atoms with Crippen molar-refractivity contribution in [2.45, 2.75) is 5.75 Å². The Labute approximate surface area is 110 Å². The molecule has 0 aliphatic carbocycles. The van der Waals surface area contributed by atoms with Crippen LogP contribution in [0.15, 0.2) is 48.8 Å². The lowest BCUT2D eigenvalue weighted by molar-refractivity contribution is -0.113. The maximum absolute atomic E-state index is 11.6. The van der Waals surface area contributed by atoms with Gasteiger partial charge in [-0.25, -0.2) is 9.97 Å². The normalized spacial score (nSPS) is 10.0. The summed E-state index contributed by atoms with van der Waals surface area (Å²) in [4.78, 5) is 19.5. The monoisotopic (exact) mass is 259 g/mol. The first-order valence-electron chi connectivity index (χ1n) is 5.53. The zero-order chi connectivity index (χ0) is 12.6. The van der Waals surface area contributed by atoms with E-state index < -0.39 is 0 Å². The number of aromatic nitrogens is 2. The van der Waals surface area contributed by atoms with Crippen LogP contribution in [0, 0.1) is 0 Å². The number of nitrogens with zero attached hydrogens (tertiary/aromatic N) is 2. The third-order valence-corrected chi connectivity index (χ3v) is 3.17. The summed E-state index contributed by atoms with van der Waals surface area (Å²) in [5.74, 6) is 1.49. The van der Waals surface area contributed by atoms with Gasteiger partial charge < -0.3 is 0 Å². The fourth-order valence-electron chi connectivity index (χ4n) is 1.36. The number of benzene rings is 1. The van der Waals surface area contributed by atoms with Crippen LogP contribution in [0.2, 0.25) is 0 Å². The summed E-state index contributed by atoms with van der Waals surface area (Å²) < 4.78 is 0. The highest BCUT2D eigenvalue weighted by atomic mass is 32.2. The molecule has 1 aromatic carbocycles. The number of hydrogen-bond acceptors (Lipinski definition) is 4. The lowest BCUT2D eigenvalue weighted by atomic mass is 10.2. The molecule has 0 aliphatic heterocycles. The van der Waals surface area contributed by atoms with Crippen LogP contribution in [0.3, 0.4) is 0 Å². The molecule has 0 radical (unpaired) electrons. The van der Waals surface area contributed by atoms with Crippen molar-refractivity contribution in [2.24, 2.45) is 0 Å². The predicted molar refractivity (Wildman–Crippen MR) is 73.3 cm³/mol. The Kier molecular flexibility index (Phi) is 4.72. The second-order valence-corrected chi connectivity index (χ2v) is 4.58. The van der Waals surface area contributed by atoms with Crippen molar-refractivity contribution < 1.29 is 4.79 Å². The largest absolute Gasteiger partial charge is 0.294 e. The second-order valence-electron chi connectivity index (χ2n) is 3.60. The van der Waals surface area contributed by atoms with Gasteiger partial charge in [-0.05, 0) is 11.6 Å². The SMILES string of the molecule is O=C(CSCc1ccccc1)Nc1ncccn1. The van der Waals surface area contributed by atoms with Crippen LogP contribution in [-0.4, -0.2) is 21.6 Å². The summed E-state index contributed by atoms with van der Waals surface area (Å²) >= 11 is 1.57. The molecule has 1 aromatic heterocycles. The molecule has 0 atom stereocenters. The van der Waals surface area contributed by atoms with E-state index in [9.17, 15) is 4.79 Å². The van der Waals surface area contributed by atoms with Crippen molar-refractivity contribution in [1.82, 2.24) is 9.97 Å². The van der Waals surface area contributed by atoms with Gasteiger partial charge in [0.25, 0.3) is 0 Å². The first kappa shape index (κ1) is 12.6. The van der Waals surface area contributed by atoms with Gasteiger partial charge in [0.15, 0.2) is 0 Å². The first-order chi connectivity index (χ1) is 8.84. The van der Waals surface area contributed by atoms with E-state index in [2.05, 4.69) is 15.3 Å². The number of thioether (sulfide) groups is 1. The minimum absolute atomic E-state index is 0.0814. The summed E-state index contributed by atoms with van der Waals surface area (Å²) in [5, 5.41) is 2.65. The summed E-state index contributed by atoms with van der Waals surface area (Å²) in [6.45, 7) is 0. The molecule has 4 nitrogen and oxygen atoms in total. The Morgan fingerprint density at radius 1 is 1.11 bits per heavy atom. The summed E-state index contributed by atoms with van der Waals surface area (Å²) in [7, 11) is 0. The Morgan fingerprint density at radius 3 is 2.56 bits per heavy atom. The molecule has 0 fully saturated rings. The third-order valence-electron chi connectivity index (χ3n) is 2.16. The van der Waals surface area contributed by atoms with Crippen LogP contribution in [-0.2, 0) is 10.5 Å². The minimum Gasteiger partial charge on any atom is -0.294 e. The van der Waals surface area contributed by atoms with Crippen LogP contribution < -0.4 is 5.32 Å². The van der Waals surface area contributed by atoms with E-state index in [4.69, 9.17) is 0 Å². The van der Waals surface area contributed by atoms with E-state index in [0.717, 1.165) is 5.75 Å². The lowest BCUT2D eigenvalue weighted by Crippen LogP contribution is -2.15. The highest BCUT2D eigenvalue weighted by Crippen LogP contribution is 2.11. The van der Waals surface area contributed by atoms with Crippen LogP contribution >= 0.6 is 11.8 Å². The van der Waals surface area contributed by atoms with Crippen molar-refractivity contribution in [3.05, 3.63) is 54.4 Å². The average Bonchev–Trinajstić information content (AvgIpc) is 2.41. The molecular formula is C13H13N3OS. The number of nitrogens with one attached hydrogen (secondary N) is 1. The number of anilines is 1. The Hall–Kier alpha value is -1.88. The van der Waals surface area contributed by atoms with Crippen molar-refractivity contribution in [2.75, 3.05) is 11.1 Å². The smallest absolute Gasteiger partial charge is 0.236 e. The van der Waals surface area contributed by atoms with Gasteiger partial charge in [0, 0.05) is 18.1 Å². The maximum Gasteiger partial charge on any atom is 0.236 e. The van der Waals surface area contributed by atoms with E-state index in [1.165, 1.54) is 5.56 Å². The fraction of sp³-hybridized carbons (Fsp3) is 0.154. The molecule has 0 saturated heterocycles. The minimum atomic E-state index is -0.0814. The van der Waals surface area contributed by atoms with Gasteiger partial charge in [0.2, 0.25) is 11.9 Å². The summed E-state index contributed by atoms with van der Waals surface area (Å²) in [6.07, 6.45) is 3.19. The molecule has 1 N–H and O–H groups in total. The Morgan fingerprint density at radius 2 is 1.83 bits per heavy atom. The van der Waals surface area contributed by atoms with Gasteiger partial charge in [-0.2, -0.15) is 0 Å². The van der Waals surface area contributed by atoms with Crippen LogP contribution in [0.25, 0.3) is 0 Å². The van der Waals surface area contributed by atoms with E-state index >= 15 is 0 Å². The first-order valence-corrected chi connectivity index (χ1v) is 6.68. The van der Waals surface area contributed by atoms with Gasteiger partial charge in [-0.1, -0.05) is 30.3 Å². The molecule has 1 amide bonds. The number of carbonyl (C=O) groups is 1. The van der Waals surface area contributed by atoms with Gasteiger partial charge in [-0.15, -0.1) is 11.8 Å². The molecule has 0 aliphatic rings. The number of rotatable bonds is 5. The molecule has 92 valence electrons. The molecular weight excluding hydrogens is 246 g/mol. The Bertz CT molecular complexity index is 490. The number of carbonyl (C=O) groups excluding carboxylic acids is 1. The molecule has 0 saturated carbocycles. The van der Waals surface area contributed by atoms with E-state index in [1.54, 1.807) is 30.2 Å². The van der Waals surface area contributed by atoms with Crippen molar-refractivity contribution in [3.63, 3.8) is 0 Å². The van der Waals surface area contributed by atoms with Gasteiger partial charge >= 0.3 is 0 Å². The lowest BCUT2D eigenvalue weighted by Gasteiger charge is -2.03. The van der Waals surface area contributed by atoms with Crippen LogP contribution in [0.5, 0.6) is 0 Å². The van der Waals surface area contributed by atoms with Gasteiger partial charge in [-0.3, -0.25) is 10.1 Å². The topological polar surface area (TPSA) is 54.9 Å². The van der Waals surface area contributed by atoms with E-state index in [-0.39, 0.29) is 5.91 Å². The quantitative estimate of drug-likeness (QED) is 0.895. The van der Waals surface area contributed by atoms with Crippen molar-refractivity contribution in [3.8, 4) is 0 Å². The van der Waals surface area contributed by atoms with Crippen LogP contribution in [0.4, 0.5) is 5.95 Å². The van der Waals surface area contributed by atoms with E-state index in [0.29, 0.717) is 11.7 Å². The summed E-state index contributed by atoms with van der Waals surface area (Å²) in [5.41, 5.74) is 1.21. The van der Waals surface area contributed by atoms with E-state index in [1.807, 2.05) is 30.3 Å². The van der Waals surface area contributed by atoms with Crippen LogP contribution in [0.1, 0.15) is 5.56 Å². The average molecular weight is 259 g/mol. The van der Waals surface area contributed by atoms with Crippen molar-refractivity contribution in [1.29, 1.82) is 0 Å². The predicted octanol–water partition coefficient (Wildman–Crippen LogP) is 2.35. The summed E-state index contributed by atoms with van der Waals surface area (Å²) in [6, 6.07) is 11.8. The number of hydrogen-bond donors (Lipinski definition) is 1. The van der Waals surface area contributed by atoms with Crippen molar-refractivity contribution >= 4 is 23.6 Å². The molecule has 2 aromatic rings. The highest BCUT2D eigenvalue weighted by Gasteiger charge is 2.03. The maximum atomic E-state index is 11.6. The zero-order valence-corrected chi connectivity index (χ0v) is 10.6. The molecule has 0 spiro atoms. The third kappa shape index (κ3) is 4.18. The highest BCUT2D eigenvalue weighted by molar-refractivity contribution is 7.99. The zero-order valence-electron chi connectivity index (χ0n) is 9.74. The number of amides is 1. The molecule has 18 heavy (non-hydrogen) atoms. The standard InChI is InChI=1S/C13H13N3OS/c17-12(16-13-14-7-4-8-15-13)10-18-9-11-5-2-1-3-6-11/h1-8H,9-10H2,(H,14,15,16,17). The Balaban J connectivity index is 1.73. The fourth-order valence-corrected chi connectivity index (χ4v) is 2.15. The van der Waals surface area contributed by atoms with Gasteiger partial charge in [0.05, 0.1) is 5.75 Å². The molecule has 0 unspecified atom stereocenters. The second kappa shape index (κ2) is 6.76. The molecule has 2 rings (SSSR count). The molecule has 0 bridgehead atoms.